The summed E-state index contributed by atoms with van der Waals surface area (Å²) in [7, 11) is 1.33. The van der Waals surface area contributed by atoms with Gasteiger partial charge >= 0.3 is 0 Å². The average molecular weight is 877 g/mol. The fraction of sp³-hybridized carbons (Fsp3) is 0.0189. The molecule has 13 heteroatoms. The van der Waals surface area contributed by atoms with Crippen molar-refractivity contribution in [1.82, 2.24) is 4.57 Å². The van der Waals surface area contributed by atoms with Crippen molar-refractivity contribution in [3.05, 3.63) is 193 Å². The van der Waals surface area contributed by atoms with E-state index >= 15 is 0 Å². The Labute approximate surface area is 378 Å². The van der Waals surface area contributed by atoms with E-state index in [9.17, 15) is 51.1 Å². The first kappa shape index (κ1) is 42.2. The van der Waals surface area contributed by atoms with Crippen LogP contribution < -0.4 is 10.4 Å². The van der Waals surface area contributed by atoms with Crippen molar-refractivity contribution in [2.75, 3.05) is 4.90 Å². The molecule has 10 N–H and O–H groups in total. The lowest BCUT2D eigenvalue weighted by molar-refractivity contribution is 0.299. The number of aromatic nitrogens is 1. The predicted molar refractivity (Wildman–Crippen MR) is 260 cm³/mol. The number of benzene rings is 8. The number of rotatable bonds is 10. The molecule has 0 spiro atoms. The first-order valence-corrected chi connectivity index (χ1v) is 20.7. The predicted octanol–water partition coefficient (Wildman–Crippen LogP) is 10.3. The van der Waals surface area contributed by atoms with Crippen LogP contribution in [0.5, 0.6) is 34.5 Å². The summed E-state index contributed by atoms with van der Waals surface area (Å²) >= 11 is 0. The quantitative estimate of drug-likeness (QED) is 0.0205. The van der Waals surface area contributed by atoms with Crippen molar-refractivity contribution in [2.24, 2.45) is 0 Å². The topological polar surface area (TPSA) is 210 Å². The van der Waals surface area contributed by atoms with Gasteiger partial charge in [-0.3, -0.25) is 4.90 Å². The maximum absolute atomic E-state index is 12.8. The minimum atomic E-state index is -1.20. The van der Waals surface area contributed by atoms with Gasteiger partial charge in [0.05, 0.1) is 33.5 Å². The molecule has 0 aliphatic rings. The van der Waals surface area contributed by atoms with Crippen LogP contribution in [0, 0.1) is 0 Å². The normalized spacial score (nSPS) is 12.3. The van der Waals surface area contributed by atoms with Gasteiger partial charge in [0.2, 0.25) is 0 Å². The number of phenolic OH excluding ortho intramolecular Hbond substituents is 6. The lowest BCUT2D eigenvalue weighted by atomic mass is 9.86. The Morgan fingerprint density at radius 1 is 0.561 bits per heavy atom. The maximum atomic E-state index is 12.8. The number of hydrogen-bond acceptors (Lipinski definition) is 11. The summed E-state index contributed by atoms with van der Waals surface area (Å²) < 4.78 is 2.02. The molecule has 9 aromatic rings. The molecule has 326 valence electrons. The standard InChI is InChI=1S/C53H41BN2O10/c1-28(57)47(60)46(50(63)39(58)25-29-13-4-2-5-14-29)56(45-44(54)51(64)41(52(65)53(45)66)31-16-6-3-7-17-31)38-27-40(59)49(62)43(48(38)61)35-20-12-22-37-42(35)34-19-10-11-21-36(34)55(37)33-24-23-30-15-8-9-18-32(30)26-33/h2-24,26-27,57-66H,1,25,54H2/b47-46-,50-39-. The highest BCUT2D eigenvalue weighted by Gasteiger charge is 2.36. The summed E-state index contributed by atoms with van der Waals surface area (Å²) in [5.41, 5.74) is 0.304. The molecule has 0 saturated heterocycles. The third-order valence-electron chi connectivity index (χ3n) is 11.8. The van der Waals surface area contributed by atoms with Crippen LogP contribution in [-0.4, -0.2) is 63.5 Å². The zero-order valence-electron chi connectivity index (χ0n) is 35.2. The second-order valence-corrected chi connectivity index (χ2v) is 15.8. The number of para-hydroxylation sites is 1. The highest BCUT2D eigenvalue weighted by molar-refractivity contribution is 6.40. The lowest BCUT2D eigenvalue weighted by Crippen LogP contribution is -2.27. The number of fused-ring (bicyclic) bond motifs is 4. The van der Waals surface area contributed by atoms with Gasteiger partial charge in [0, 0.05) is 28.9 Å². The van der Waals surface area contributed by atoms with Gasteiger partial charge < -0.3 is 55.6 Å². The Morgan fingerprint density at radius 2 is 1.20 bits per heavy atom. The molecule has 0 aliphatic heterocycles. The molecule has 0 radical (unpaired) electrons. The Hall–Kier alpha value is -9.10. The average Bonchev–Trinajstić information content (AvgIpc) is 3.67. The van der Waals surface area contributed by atoms with E-state index in [0.717, 1.165) is 32.9 Å². The number of aliphatic hydroxyl groups excluding tert-OH is 4. The molecule has 1 heterocycles. The van der Waals surface area contributed by atoms with Crippen LogP contribution in [0.25, 0.3) is 60.5 Å². The molecule has 0 bridgehead atoms. The molecule has 0 unspecified atom stereocenters. The summed E-state index contributed by atoms with van der Waals surface area (Å²) in [5, 5.41) is 121. The van der Waals surface area contributed by atoms with Crippen molar-refractivity contribution in [3.8, 4) is 62.4 Å². The number of phenols is 6. The van der Waals surface area contributed by atoms with Gasteiger partial charge in [0.15, 0.2) is 46.0 Å². The highest BCUT2D eigenvalue weighted by atomic mass is 16.3. The van der Waals surface area contributed by atoms with E-state index in [0.29, 0.717) is 21.9 Å². The minimum Gasteiger partial charge on any atom is -0.508 e. The van der Waals surface area contributed by atoms with E-state index in [1.54, 1.807) is 72.8 Å². The SMILES string of the molecule is Bc1c(O)c(-c2ccccc2)c(O)c(O)c1N(C(=C(\O)C(=C)O)/C(O)=C(/O)Cc1ccccc1)c1cc(O)c(O)c(-c2cccc3c2c2ccccc2n3-c2ccc3ccccc3c2)c1O. The molecule has 0 aliphatic carbocycles. The van der Waals surface area contributed by atoms with Crippen molar-refractivity contribution < 1.29 is 51.1 Å². The van der Waals surface area contributed by atoms with E-state index in [1.807, 2.05) is 77.4 Å². The molecule has 12 nitrogen and oxygen atoms in total. The van der Waals surface area contributed by atoms with Crippen LogP contribution in [0.1, 0.15) is 5.56 Å². The Balaban J connectivity index is 1.37. The third kappa shape index (κ3) is 6.91. The van der Waals surface area contributed by atoms with Gasteiger partial charge in [-0.25, -0.2) is 0 Å². The van der Waals surface area contributed by atoms with Crippen LogP contribution in [0.4, 0.5) is 11.4 Å². The van der Waals surface area contributed by atoms with Crippen LogP contribution in [0.15, 0.2) is 187 Å². The Bertz CT molecular complexity index is 3460. The van der Waals surface area contributed by atoms with Crippen molar-refractivity contribution >= 4 is 57.3 Å². The zero-order valence-corrected chi connectivity index (χ0v) is 35.2. The van der Waals surface area contributed by atoms with E-state index in [1.165, 1.54) is 7.85 Å². The number of allylic oxidation sites excluding steroid dienone is 1. The van der Waals surface area contributed by atoms with Crippen LogP contribution in [-0.2, 0) is 6.42 Å². The Morgan fingerprint density at radius 3 is 1.91 bits per heavy atom. The van der Waals surface area contributed by atoms with Crippen LogP contribution in [0.3, 0.4) is 0 Å². The maximum Gasteiger partial charge on any atom is 0.185 e. The molecule has 66 heavy (non-hydrogen) atoms. The summed E-state index contributed by atoms with van der Waals surface area (Å²) in [6.45, 7) is 3.42. The molecule has 0 atom stereocenters. The molecule has 1 aromatic heterocycles. The van der Waals surface area contributed by atoms with E-state index in [2.05, 4.69) is 6.58 Å². The van der Waals surface area contributed by atoms with Crippen LogP contribution in [0.2, 0.25) is 0 Å². The smallest absolute Gasteiger partial charge is 0.185 e. The second-order valence-electron chi connectivity index (χ2n) is 15.8. The molecule has 0 fully saturated rings. The number of aliphatic hydroxyl groups is 4. The molecule has 0 saturated carbocycles. The molecular weight excluding hydrogens is 835 g/mol. The molecule has 0 amide bonds. The first-order valence-electron chi connectivity index (χ1n) is 20.7. The van der Waals surface area contributed by atoms with Gasteiger partial charge in [-0.05, 0) is 57.2 Å². The number of nitrogens with zero attached hydrogens (tertiary/aromatic N) is 2. The van der Waals surface area contributed by atoms with Gasteiger partial charge in [-0.1, -0.05) is 128 Å². The number of hydrogen-bond donors (Lipinski definition) is 10. The number of anilines is 2. The first-order chi connectivity index (χ1) is 31.8. The van der Waals surface area contributed by atoms with Crippen molar-refractivity contribution in [1.29, 1.82) is 0 Å². The van der Waals surface area contributed by atoms with Gasteiger partial charge in [0.25, 0.3) is 0 Å². The fourth-order valence-electron chi connectivity index (χ4n) is 8.68. The van der Waals surface area contributed by atoms with E-state index < -0.39 is 74.6 Å². The van der Waals surface area contributed by atoms with Gasteiger partial charge in [-0.2, -0.15) is 0 Å². The largest absolute Gasteiger partial charge is 0.508 e. The monoisotopic (exact) mass is 876 g/mol. The summed E-state index contributed by atoms with van der Waals surface area (Å²) in [4.78, 5) is 0.725. The third-order valence-corrected chi connectivity index (χ3v) is 11.8. The van der Waals surface area contributed by atoms with Crippen molar-refractivity contribution in [3.63, 3.8) is 0 Å². The Kier molecular flexibility index (Phi) is 10.6. The molecule has 9 rings (SSSR count). The van der Waals surface area contributed by atoms with E-state index in [4.69, 9.17) is 0 Å². The lowest BCUT2D eigenvalue weighted by Gasteiger charge is -2.32. The summed E-state index contributed by atoms with van der Waals surface area (Å²) in [6.07, 6.45) is -0.342. The van der Waals surface area contributed by atoms with E-state index in [-0.39, 0.29) is 34.1 Å². The van der Waals surface area contributed by atoms with Crippen LogP contribution >= 0.6 is 0 Å². The van der Waals surface area contributed by atoms with Gasteiger partial charge in [0.1, 0.15) is 25.1 Å². The van der Waals surface area contributed by atoms with Crippen molar-refractivity contribution in [2.45, 2.75) is 6.42 Å². The summed E-state index contributed by atoms with van der Waals surface area (Å²) in [6, 6.07) is 44.0. The molecule has 8 aromatic carbocycles. The van der Waals surface area contributed by atoms with Gasteiger partial charge in [-0.15, -0.1) is 0 Å². The summed E-state index contributed by atoms with van der Waals surface area (Å²) in [5.74, 6) is -9.06. The second kappa shape index (κ2) is 16.6. The minimum absolute atomic E-state index is 0.199. The highest BCUT2D eigenvalue weighted by Crippen LogP contribution is 2.56. The molecular formula is C53H41BN2O10. The fourth-order valence-corrected chi connectivity index (χ4v) is 8.68. The zero-order chi connectivity index (χ0) is 46.6. The number of aromatic hydroxyl groups is 6.